The number of imide groups is 1. The molecule has 2 saturated heterocycles. The second kappa shape index (κ2) is 23.2. The first-order valence-electron chi connectivity index (χ1n) is 21.2. The normalized spacial score (nSPS) is 20.2. The first-order chi connectivity index (χ1) is 28.9. The van der Waals surface area contributed by atoms with Crippen molar-refractivity contribution in [2.24, 2.45) is 11.8 Å². The summed E-state index contributed by atoms with van der Waals surface area (Å²) in [6.45, 7) is 7.23. The molecule has 0 radical (unpaired) electrons. The van der Waals surface area contributed by atoms with Crippen LogP contribution < -0.4 is 31.3 Å². The minimum absolute atomic E-state index is 0.0138. The van der Waals surface area contributed by atoms with Crippen LogP contribution >= 0.6 is 0 Å². The Hall–Kier alpha value is -5.14. The van der Waals surface area contributed by atoms with Gasteiger partial charge in [-0.15, -0.1) is 5.06 Å². The molecule has 19 heteroatoms. The average molecular weight is 858 g/mol. The highest BCUT2D eigenvalue weighted by Gasteiger charge is 2.42. The number of β-amino-alcohol motifs (C(OH)–C–C–N with tert-alkyl or cyclic N) is 1. The number of carbonyl (C=O) groups is 8. The van der Waals surface area contributed by atoms with Gasteiger partial charge in [-0.05, 0) is 77.3 Å². The van der Waals surface area contributed by atoms with Crippen LogP contribution in [-0.2, 0) is 38.4 Å². The van der Waals surface area contributed by atoms with Crippen molar-refractivity contribution in [1.82, 2.24) is 36.5 Å². The van der Waals surface area contributed by atoms with E-state index in [9.17, 15) is 48.6 Å². The van der Waals surface area contributed by atoms with E-state index in [4.69, 9.17) is 9.57 Å². The first-order valence-corrected chi connectivity index (χ1v) is 21.2. The zero-order valence-electron chi connectivity index (χ0n) is 35.7. The fourth-order valence-corrected chi connectivity index (χ4v) is 7.77. The van der Waals surface area contributed by atoms with Crippen LogP contribution in [0.5, 0.6) is 5.75 Å². The molecule has 61 heavy (non-hydrogen) atoms. The number of aliphatic hydroxyl groups is 2. The van der Waals surface area contributed by atoms with Crippen molar-refractivity contribution in [2.75, 3.05) is 45.9 Å². The van der Waals surface area contributed by atoms with Crippen molar-refractivity contribution in [2.45, 2.75) is 122 Å². The highest BCUT2D eigenvalue weighted by Crippen LogP contribution is 2.39. The zero-order chi connectivity index (χ0) is 44.7. The number of ether oxygens (including phenoxy) is 1. The number of amides is 7. The molecule has 0 unspecified atom stereocenters. The molecular weight excluding hydrogens is 794 g/mol. The van der Waals surface area contributed by atoms with Gasteiger partial charge < -0.3 is 46.4 Å². The van der Waals surface area contributed by atoms with Gasteiger partial charge in [-0.25, -0.2) is 4.79 Å². The lowest BCUT2D eigenvalue weighted by molar-refractivity contribution is -0.197. The van der Waals surface area contributed by atoms with Gasteiger partial charge in [0.15, 0.2) is 0 Å². The van der Waals surface area contributed by atoms with Gasteiger partial charge >= 0.3 is 5.97 Å². The highest BCUT2D eigenvalue weighted by molar-refractivity contribution is 6.01. The quantitative estimate of drug-likeness (QED) is 0.0642. The molecule has 338 valence electrons. The summed E-state index contributed by atoms with van der Waals surface area (Å²) in [7, 11) is 0. The number of piperidine rings is 1. The Kier molecular flexibility index (Phi) is 18.4. The summed E-state index contributed by atoms with van der Waals surface area (Å²) in [4.78, 5) is 105. The molecule has 0 spiro atoms. The van der Waals surface area contributed by atoms with Gasteiger partial charge in [0.2, 0.25) is 23.6 Å². The summed E-state index contributed by atoms with van der Waals surface area (Å²) in [5, 5.41) is 35.3. The number of nitrogens with one attached hydrogen (secondary N) is 5. The minimum Gasteiger partial charge on any atom is -0.493 e. The van der Waals surface area contributed by atoms with E-state index < -0.39 is 71.7 Å². The van der Waals surface area contributed by atoms with Crippen molar-refractivity contribution >= 4 is 47.3 Å². The van der Waals surface area contributed by atoms with Gasteiger partial charge in [0.25, 0.3) is 17.7 Å². The summed E-state index contributed by atoms with van der Waals surface area (Å²) < 4.78 is 5.87. The average Bonchev–Trinajstić information content (AvgIpc) is 3.52. The van der Waals surface area contributed by atoms with E-state index in [1.165, 1.54) is 0 Å². The monoisotopic (exact) mass is 857 g/mol. The van der Waals surface area contributed by atoms with Crippen LogP contribution in [0.1, 0.15) is 107 Å². The fraction of sp³-hybridized carbons (Fsp3) is 0.667. The first kappa shape index (κ1) is 48.5. The Morgan fingerprint density at radius 2 is 1.54 bits per heavy atom. The molecule has 1 aliphatic carbocycles. The molecule has 7 N–H and O–H groups in total. The van der Waals surface area contributed by atoms with Gasteiger partial charge in [-0.2, -0.15) is 0 Å². The molecule has 5 atom stereocenters. The third-order valence-corrected chi connectivity index (χ3v) is 11.0. The van der Waals surface area contributed by atoms with Crippen LogP contribution in [0.3, 0.4) is 0 Å². The van der Waals surface area contributed by atoms with Crippen molar-refractivity contribution in [1.29, 1.82) is 0 Å². The van der Waals surface area contributed by atoms with Gasteiger partial charge in [0.05, 0.1) is 44.5 Å². The maximum atomic E-state index is 13.5. The summed E-state index contributed by atoms with van der Waals surface area (Å²) in [5.41, 5.74) is 0.379. The molecule has 0 bridgehead atoms. The van der Waals surface area contributed by atoms with Crippen molar-refractivity contribution in [3.05, 3.63) is 29.3 Å². The number of hydroxylamine groups is 2. The van der Waals surface area contributed by atoms with E-state index in [0.29, 0.717) is 41.2 Å². The summed E-state index contributed by atoms with van der Waals surface area (Å²) in [6.07, 6.45) is 4.32. The maximum Gasteiger partial charge on any atom is 0.333 e. The number of benzene rings is 1. The molecule has 3 fully saturated rings. The third kappa shape index (κ3) is 15.4. The molecular formula is C42H63N7O12. The van der Waals surface area contributed by atoms with Gasteiger partial charge in [0, 0.05) is 62.0 Å². The molecule has 2 heterocycles. The van der Waals surface area contributed by atoms with Crippen molar-refractivity contribution in [3.8, 4) is 5.75 Å². The largest absolute Gasteiger partial charge is 0.493 e. The Morgan fingerprint density at radius 3 is 2.21 bits per heavy atom. The number of rotatable bonds is 21. The molecule has 0 aromatic heterocycles. The number of aliphatic hydroxyl groups excluding tert-OH is 2. The van der Waals surface area contributed by atoms with E-state index in [-0.39, 0.29) is 82.8 Å². The van der Waals surface area contributed by atoms with Crippen LogP contribution in [0.4, 0.5) is 0 Å². The second-order valence-electron chi connectivity index (χ2n) is 17.0. The standard InChI is InChI=1S/C42H63N7O12/c1-26-29(40(58)46-30(25-50)32(51)24-48-23-28-11-6-5-10-27(28)20-31(48)41(59)47-42(2,3)4)12-7-13-33(26)60-19-9-14-34(52)44-22-36(54)45-21-35(53)43-18-8-15-39(57)61-49-37(55)16-17-38(49)56/h7,12-13,27-28,30-32,50-51H,5-6,8-11,14-25H2,1-4H3,(H,43,53)(H,44,52)(H,45,54)(H,46,58)(H,47,59)/t27-,28+,30-,31-,32+/m0/s1. The van der Waals surface area contributed by atoms with Crippen LogP contribution in [0.15, 0.2) is 18.2 Å². The van der Waals surface area contributed by atoms with Gasteiger partial charge in [-0.3, -0.25) is 38.5 Å². The summed E-state index contributed by atoms with van der Waals surface area (Å²) in [5.74, 6) is -2.82. The van der Waals surface area contributed by atoms with E-state index in [0.717, 1.165) is 25.7 Å². The Bertz CT molecular complexity index is 1730. The second-order valence-corrected chi connectivity index (χ2v) is 17.0. The lowest BCUT2D eigenvalue weighted by atomic mass is 9.72. The smallest absolute Gasteiger partial charge is 0.333 e. The lowest BCUT2D eigenvalue weighted by Gasteiger charge is -2.47. The van der Waals surface area contributed by atoms with E-state index >= 15 is 0 Å². The predicted molar refractivity (Wildman–Crippen MR) is 219 cm³/mol. The van der Waals surface area contributed by atoms with Crippen LogP contribution in [0, 0.1) is 18.8 Å². The highest BCUT2D eigenvalue weighted by atomic mass is 16.7. The fourth-order valence-electron chi connectivity index (χ4n) is 7.77. The maximum absolute atomic E-state index is 13.5. The Balaban J connectivity index is 1.14. The number of fused-ring (bicyclic) bond motifs is 1. The Morgan fingerprint density at radius 1 is 0.885 bits per heavy atom. The predicted octanol–water partition coefficient (Wildman–Crippen LogP) is 0.137. The molecule has 1 saturated carbocycles. The molecule has 19 nitrogen and oxygen atoms in total. The lowest BCUT2D eigenvalue weighted by Crippen LogP contribution is -2.60. The SMILES string of the molecule is Cc1c(OCCCC(=O)NCC(=O)NCC(=O)NCCCC(=O)ON2C(=O)CCC2=O)cccc1C(=O)N[C@@H](CO)[C@H](O)CN1C[C@H]2CCCC[C@H]2C[C@H]1C(=O)NC(C)(C)C. The molecule has 1 aromatic carbocycles. The van der Waals surface area contributed by atoms with E-state index in [1.807, 2.05) is 25.7 Å². The molecule has 7 amide bonds. The number of hydrogen-bond donors (Lipinski definition) is 7. The minimum atomic E-state index is -1.15. The van der Waals surface area contributed by atoms with Gasteiger partial charge in [-0.1, -0.05) is 25.3 Å². The van der Waals surface area contributed by atoms with E-state index in [2.05, 4.69) is 26.6 Å². The van der Waals surface area contributed by atoms with Crippen molar-refractivity contribution < 1.29 is 58.1 Å². The number of carbonyl (C=O) groups excluding carboxylic acids is 8. The molecule has 2 aliphatic heterocycles. The number of nitrogens with zero attached hydrogens (tertiary/aromatic N) is 2. The summed E-state index contributed by atoms with van der Waals surface area (Å²) in [6, 6.07) is 3.50. The zero-order valence-corrected chi connectivity index (χ0v) is 35.7. The van der Waals surface area contributed by atoms with Crippen LogP contribution in [0.2, 0.25) is 0 Å². The number of likely N-dealkylation sites (tertiary alicyclic amines) is 1. The van der Waals surface area contributed by atoms with Crippen LogP contribution in [0.25, 0.3) is 0 Å². The third-order valence-electron chi connectivity index (χ3n) is 11.0. The van der Waals surface area contributed by atoms with Crippen molar-refractivity contribution in [3.63, 3.8) is 0 Å². The Labute approximate surface area is 356 Å². The molecule has 4 rings (SSSR count). The number of hydrogen-bond acceptors (Lipinski definition) is 13. The van der Waals surface area contributed by atoms with E-state index in [1.54, 1.807) is 25.1 Å². The molecule has 3 aliphatic rings. The van der Waals surface area contributed by atoms with Gasteiger partial charge in [0.1, 0.15) is 5.75 Å². The summed E-state index contributed by atoms with van der Waals surface area (Å²) >= 11 is 0. The topological polar surface area (TPSA) is 262 Å². The molecule has 1 aromatic rings. The van der Waals surface area contributed by atoms with Crippen LogP contribution in [-0.4, -0.2) is 137 Å².